The Morgan fingerprint density at radius 1 is 1.29 bits per heavy atom. The van der Waals surface area contributed by atoms with Crippen LogP contribution in [0.3, 0.4) is 0 Å². The molecule has 0 aliphatic carbocycles. The van der Waals surface area contributed by atoms with Crippen molar-refractivity contribution in [3.63, 3.8) is 0 Å². The third-order valence-electron chi connectivity index (χ3n) is 1.73. The molecule has 1 aromatic heterocycles. The van der Waals surface area contributed by atoms with Crippen molar-refractivity contribution < 1.29 is 0 Å². The third kappa shape index (κ3) is 3.76. The SMILES string of the molecule is CCc1cccc(C#C[Si](C)(C)C)n1. The van der Waals surface area contributed by atoms with Gasteiger partial charge in [0.1, 0.15) is 13.8 Å². The van der Waals surface area contributed by atoms with Gasteiger partial charge in [-0.15, -0.1) is 5.54 Å². The van der Waals surface area contributed by atoms with Crippen molar-refractivity contribution in [1.29, 1.82) is 0 Å². The zero-order valence-electron chi connectivity index (χ0n) is 9.39. The molecule has 0 aliphatic rings. The molecule has 0 aliphatic heterocycles. The summed E-state index contributed by atoms with van der Waals surface area (Å²) >= 11 is 0. The summed E-state index contributed by atoms with van der Waals surface area (Å²) < 4.78 is 0. The van der Waals surface area contributed by atoms with E-state index >= 15 is 0 Å². The lowest BCUT2D eigenvalue weighted by atomic mass is 10.2. The fourth-order valence-electron chi connectivity index (χ4n) is 0.998. The van der Waals surface area contributed by atoms with Gasteiger partial charge in [0.2, 0.25) is 0 Å². The van der Waals surface area contributed by atoms with Gasteiger partial charge in [-0.2, -0.15) is 0 Å². The third-order valence-corrected chi connectivity index (χ3v) is 2.61. The molecule has 2 heteroatoms. The van der Waals surface area contributed by atoms with E-state index in [-0.39, 0.29) is 0 Å². The molecular formula is C12H17NSi. The van der Waals surface area contributed by atoms with Crippen molar-refractivity contribution in [2.24, 2.45) is 0 Å². The van der Waals surface area contributed by atoms with E-state index in [0.29, 0.717) is 0 Å². The predicted octanol–water partition coefficient (Wildman–Crippen LogP) is 2.87. The predicted molar refractivity (Wildman–Crippen MR) is 63.8 cm³/mol. The smallest absolute Gasteiger partial charge is 0.129 e. The minimum absolute atomic E-state index is 0.909. The van der Waals surface area contributed by atoms with E-state index in [9.17, 15) is 0 Å². The monoisotopic (exact) mass is 203 g/mol. The molecule has 0 saturated carbocycles. The number of hydrogen-bond acceptors (Lipinski definition) is 1. The summed E-state index contributed by atoms with van der Waals surface area (Å²) in [6.07, 6.45) is 0.975. The van der Waals surface area contributed by atoms with Crippen LogP contribution in [0.15, 0.2) is 18.2 Å². The van der Waals surface area contributed by atoms with Gasteiger partial charge in [0.15, 0.2) is 0 Å². The Labute approximate surface area is 87.6 Å². The maximum atomic E-state index is 4.44. The molecule has 1 nitrogen and oxygen atoms in total. The second kappa shape index (κ2) is 4.43. The zero-order valence-corrected chi connectivity index (χ0v) is 10.4. The van der Waals surface area contributed by atoms with Crippen LogP contribution in [0.1, 0.15) is 18.3 Å². The molecule has 0 saturated heterocycles. The first kappa shape index (κ1) is 11.0. The maximum Gasteiger partial charge on any atom is 0.129 e. The zero-order chi connectivity index (χ0) is 10.6. The summed E-state index contributed by atoms with van der Waals surface area (Å²) in [7, 11) is -1.27. The average molecular weight is 203 g/mol. The quantitative estimate of drug-likeness (QED) is 0.505. The Morgan fingerprint density at radius 3 is 2.57 bits per heavy atom. The Balaban J connectivity index is 2.90. The lowest BCUT2D eigenvalue weighted by Gasteiger charge is -2.03. The highest BCUT2D eigenvalue weighted by Crippen LogP contribution is 2.01. The van der Waals surface area contributed by atoms with Crippen molar-refractivity contribution >= 4 is 8.07 Å². The summed E-state index contributed by atoms with van der Waals surface area (Å²) in [5.41, 5.74) is 5.34. The van der Waals surface area contributed by atoms with Gasteiger partial charge < -0.3 is 0 Å². The van der Waals surface area contributed by atoms with Crippen molar-refractivity contribution in [2.45, 2.75) is 33.0 Å². The summed E-state index contributed by atoms with van der Waals surface area (Å²) in [6, 6.07) is 6.05. The van der Waals surface area contributed by atoms with Crippen LogP contribution in [0.5, 0.6) is 0 Å². The van der Waals surface area contributed by atoms with Crippen LogP contribution in [0.4, 0.5) is 0 Å². The molecule has 0 bridgehead atoms. The summed E-state index contributed by atoms with van der Waals surface area (Å²) in [6.45, 7) is 8.83. The number of aryl methyl sites for hydroxylation is 1. The topological polar surface area (TPSA) is 12.9 Å². The first-order valence-electron chi connectivity index (χ1n) is 5.00. The van der Waals surface area contributed by atoms with Gasteiger partial charge >= 0.3 is 0 Å². The molecule has 0 unspecified atom stereocenters. The number of rotatable bonds is 1. The standard InChI is InChI=1S/C12H17NSi/c1-5-11-7-6-8-12(13-11)9-10-14(2,3)4/h6-8H,5H2,1-4H3. The van der Waals surface area contributed by atoms with E-state index in [1.165, 1.54) is 0 Å². The highest BCUT2D eigenvalue weighted by molar-refractivity contribution is 6.83. The Bertz CT molecular complexity index is 366. The Kier molecular flexibility index (Phi) is 3.48. The maximum absolute atomic E-state index is 4.44. The van der Waals surface area contributed by atoms with Crippen LogP contribution >= 0.6 is 0 Å². The number of aromatic nitrogens is 1. The molecule has 0 aromatic carbocycles. The lowest BCUT2D eigenvalue weighted by Crippen LogP contribution is -2.16. The van der Waals surface area contributed by atoms with Crippen LogP contribution in [-0.4, -0.2) is 13.1 Å². The molecule has 74 valence electrons. The fourth-order valence-corrected chi connectivity index (χ4v) is 1.50. The highest BCUT2D eigenvalue weighted by Gasteiger charge is 2.07. The molecule has 0 atom stereocenters. The number of nitrogens with zero attached hydrogens (tertiary/aromatic N) is 1. The van der Waals surface area contributed by atoms with Crippen molar-refractivity contribution in [1.82, 2.24) is 4.98 Å². The highest BCUT2D eigenvalue weighted by atomic mass is 28.3. The summed E-state index contributed by atoms with van der Waals surface area (Å²) in [4.78, 5) is 4.44. The van der Waals surface area contributed by atoms with E-state index in [0.717, 1.165) is 17.8 Å². The van der Waals surface area contributed by atoms with Crippen LogP contribution in [0.25, 0.3) is 0 Å². The molecule has 0 radical (unpaired) electrons. The summed E-state index contributed by atoms with van der Waals surface area (Å²) in [5, 5.41) is 0. The fraction of sp³-hybridized carbons (Fsp3) is 0.417. The van der Waals surface area contributed by atoms with Gasteiger partial charge in [0.05, 0.1) is 0 Å². The number of pyridine rings is 1. The van der Waals surface area contributed by atoms with Crippen molar-refractivity contribution in [3.05, 3.63) is 29.6 Å². The lowest BCUT2D eigenvalue weighted by molar-refractivity contribution is 1.03. The van der Waals surface area contributed by atoms with E-state index in [1.54, 1.807) is 0 Å². The molecule has 1 rings (SSSR count). The van der Waals surface area contributed by atoms with E-state index < -0.39 is 8.07 Å². The second-order valence-electron chi connectivity index (χ2n) is 4.37. The van der Waals surface area contributed by atoms with Gasteiger partial charge in [-0.05, 0) is 18.6 Å². The van der Waals surface area contributed by atoms with E-state index in [2.05, 4.69) is 43.0 Å². The van der Waals surface area contributed by atoms with Crippen LogP contribution < -0.4 is 0 Å². The van der Waals surface area contributed by atoms with Crippen LogP contribution in [-0.2, 0) is 6.42 Å². The minimum atomic E-state index is -1.27. The second-order valence-corrected chi connectivity index (χ2v) is 9.12. The van der Waals surface area contributed by atoms with Gasteiger partial charge in [0.25, 0.3) is 0 Å². The molecule has 1 aromatic rings. The van der Waals surface area contributed by atoms with Crippen molar-refractivity contribution in [3.8, 4) is 11.5 Å². The molecule has 14 heavy (non-hydrogen) atoms. The minimum Gasteiger partial charge on any atom is -0.244 e. The molecular weight excluding hydrogens is 186 g/mol. The van der Waals surface area contributed by atoms with Gasteiger partial charge in [-0.25, -0.2) is 4.98 Å². The first-order chi connectivity index (χ1) is 6.51. The Hall–Kier alpha value is -1.07. The van der Waals surface area contributed by atoms with Gasteiger partial charge in [0, 0.05) is 5.69 Å². The van der Waals surface area contributed by atoms with Gasteiger partial charge in [-0.1, -0.05) is 38.6 Å². The molecule has 0 fully saturated rings. The molecule has 1 heterocycles. The first-order valence-corrected chi connectivity index (χ1v) is 8.50. The average Bonchev–Trinajstić information content (AvgIpc) is 2.14. The molecule has 0 spiro atoms. The summed E-state index contributed by atoms with van der Waals surface area (Å²) in [5.74, 6) is 3.16. The van der Waals surface area contributed by atoms with Gasteiger partial charge in [-0.3, -0.25) is 0 Å². The van der Waals surface area contributed by atoms with Crippen LogP contribution in [0.2, 0.25) is 19.6 Å². The molecule has 0 amide bonds. The number of hydrogen-bond donors (Lipinski definition) is 0. The van der Waals surface area contributed by atoms with E-state index in [1.807, 2.05) is 18.2 Å². The molecule has 0 N–H and O–H groups in total. The Morgan fingerprint density at radius 2 is 2.00 bits per heavy atom. The normalized spacial score (nSPS) is 10.6. The van der Waals surface area contributed by atoms with Crippen molar-refractivity contribution in [2.75, 3.05) is 0 Å². The van der Waals surface area contributed by atoms with E-state index in [4.69, 9.17) is 0 Å². The van der Waals surface area contributed by atoms with Crippen LogP contribution in [0, 0.1) is 11.5 Å². The largest absolute Gasteiger partial charge is 0.244 e.